The normalized spacial score (nSPS) is 10.7. The van der Waals surface area contributed by atoms with Gasteiger partial charge in [0.05, 0.1) is 15.4 Å². The molecule has 2 aromatic carbocycles. The summed E-state index contributed by atoms with van der Waals surface area (Å²) < 4.78 is 1.01. The summed E-state index contributed by atoms with van der Waals surface area (Å²) >= 11 is 11.7. The van der Waals surface area contributed by atoms with Crippen LogP contribution in [-0.2, 0) is 11.3 Å². The van der Waals surface area contributed by atoms with Crippen molar-refractivity contribution < 1.29 is 4.79 Å². The van der Waals surface area contributed by atoms with E-state index in [0.717, 1.165) is 4.68 Å². The highest BCUT2D eigenvalue weighted by atomic mass is 35.5. The van der Waals surface area contributed by atoms with Crippen molar-refractivity contribution in [3.05, 3.63) is 62.9 Å². The van der Waals surface area contributed by atoms with Crippen molar-refractivity contribution in [2.75, 3.05) is 5.32 Å². The zero-order valence-electron chi connectivity index (χ0n) is 11.7. The monoisotopic (exact) mass is 348 g/mol. The van der Waals surface area contributed by atoms with Crippen LogP contribution in [0.2, 0.25) is 10.0 Å². The number of benzene rings is 2. The number of fused-ring (bicyclic) bond motifs is 1. The lowest BCUT2D eigenvalue weighted by molar-refractivity contribution is -0.117. The molecule has 3 aromatic rings. The standard InChI is InChI=1S/C15H10Cl2N4O2/c16-11-6-5-9(7-12(11)17)18-14(22)8-21-15(23)10-3-1-2-4-13(10)19-20-21/h1-7H,8H2,(H,18,22). The molecule has 0 aliphatic heterocycles. The zero-order chi connectivity index (χ0) is 16.4. The van der Waals surface area contributed by atoms with Crippen LogP contribution in [-0.4, -0.2) is 20.9 Å². The van der Waals surface area contributed by atoms with E-state index < -0.39 is 5.91 Å². The number of halogens is 2. The highest BCUT2D eigenvalue weighted by molar-refractivity contribution is 6.42. The zero-order valence-corrected chi connectivity index (χ0v) is 13.2. The maximum absolute atomic E-state index is 12.3. The second-order valence-corrected chi connectivity index (χ2v) is 5.56. The first-order valence-electron chi connectivity index (χ1n) is 6.62. The first-order valence-corrected chi connectivity index (χ1v) is 7.37. The predicted octanol–water partition coefficient (Wildman–Crippen LogP) is 2.74. The number of nitrogens with one attached hydrogen (secondary N) is 1. The topological polar surface area (TPSA) is 76.9 Å². The van der Waals surface area contributed by atoms with Gasteiger partial charge in [-0.1, -0.05) is 40.5 Å². The van der Waals surface area contributed by atoms with Gasteiger partial charge >= 0.3 is 0 Å². The number of aromatic nitrogens is 3. The Morgan fingerprint density at radius 1 is 1.13 bits per heavy atom. The molecule has 0 bridgehead atoms. The van der Waals surface area contributed by atoms with Crippen LogP contribution in [0, 0.1) is 0 Å². The highest BCUT2D eigenvalue weighted by Crippen LogP contribution is 2.24. The van der Waals surface area contributed by atoms with Crippen LogP contribution < -0.4 is 10.9 Å². The molecule has 0 aliphatic rings. The van der Waals surface area contributed by atoms with E-state index in [1.54, 1.807) is 36.4 Å². The molecule has 0 fully saturated rings. The molecule has 1 heterocycles. The van der Waals surface area contributed by atoms with Gasteiger partial charge in [-0.25, -0.2) is 4.68 Å². The molecule has 3 rings (SSSR count). The Hall–Kier alpha value is -2.44. The fraction of sp³-hybridized carbons (Fsp3) is 0.0667. The highest BCUT2D eigenvalue weighted by Gasteiger charge is 2.10. The lowest BCUT2D eigenvalue weighted by Gasteiger charge is -2.07. The average Bonchev–Trinajstić information content (AvgIpc) is 2.54. The van der Waals surface area contributed by atoms with Crippen LogP contribution in [0.3, 0.4) is 0 Å². The van der Waals surface area contributed by atoms with Crippen LogP contribution in [0.25, 0.3) is 10.9 Å². The molecule has 23 heavy (non-hydrogen) atoms. The molecule has 0 aliphatic carbocycles. The molecule has 0 saturated carbocycles. The number of hydrogen-bond donors (Lipinski definition) is 1. The van der Waals surface area contributed by atoms with E-state index in [1.165, 1.54) is 6.07 Å². The molecule has 0 unspecified atom stereocenters. The number of hydrogen-bond acceptors (Lipinski definition) is 4. The number of carbonyl (C=O) groups is 1. The number of carbonyl (C=O) groups excluding carboxylic acids is 1. The van der Waals surface area contributed by atoms with Crippen molar-refractivity contribution in [1.82, 2.24) is 15.0 Å². The molecule has 0 saturated heterocycles. The Morgan fingerprint density at radius 2 is 1.91 bits per heavy atom. The fourth-order valence-corrected chi connectivity index (χ4v) is 2.34. The van der Waals surface area contributed by atoms with Gasteiger partial charge in [0.2, 0.25) is 5.91 Å². The van der Waals surface area contributed by atoms with E-state index in [9.17, 15) is 9.59 Å². The maximum Gasteiger partial charge on any atom is 0.278 e. The Kier molecular flexibility index (Phi) is 4.27. The summed E-state index contributed by atoms with van der Waals surface area (Å²) in [5.74, 6) is -0.421. The Labute approximate surface area is 140 Å². The third kappa shape index (κ3) is 3.33. The lowest BCUT2D eigenvalue weighted by atomic mass is 10.2. The molecule has 8 heteroatoms. The van der Waals surface area contributed by atoms with E-state index in [-0.39, 0.29) is 12.1 Å². The molecule has 6 nitrogen and oxygen atoms in total. The summed E-state index contributed by atoms with van der Waals surface area (Å²) in [6.45, 7) is -0.253. The molecule has 1 N–H and O–H groups in total. The van der Waals surface area contributed by atoms with Gasteiger partial charge < -0.3 is 5.32 Å². The molecule has 1 aromatic heterocycles. The first kappa shape index (κ1) is 15.5. The van der Waals surface area contributed by atoms with Crippen LogP contribution in [0.1, 0.15) is 0 Å². The van der Waals surface area contributed by atoms with Crippen LogP contribution >= 0.6 is 23.2 Å². The summed E-state index contributed by atoms with van der Waals surface area (Å²) in [5, 5.41) is 11.4. The minimum atomic E-state index is -0.421. The third-order valence-electron chi connectivity index (χ3n) is 3.13. The van der Waals surface area contributed by atoms with Gasteiger partial charge in [0.1, 0.15) is 12.1 Å². The smallest absolute Gasteiger partial charge is 0.278 e. The fourth-order valence-electron chi connectivity index (χ4n) is 2.04. The van der Waals surface area contributed by atoms with Gasteiger partial charge in [0.25, 0.3) is 5.56 Å². The van der Waals surface area contributed by atoms with Crippen molar-refractivity contribution in [3.8, 4) is 0 Å². The first-order chi connectivity index (χ1) is 11.0. The van der Waals surface area contributed by atoms with E-state index in [0.29, 0.717) is 26.6 Å². The Morgan fingerprint density at radius 3 is 2.70 bits per heavy atom. The van der Waals surface area contributed by atoms with Crippen molar-refractivity contribution in [3.63, 3.8) is 0 Å². The summed E-state index contributed by atoms with van der Waals surface area (Å²) in [6, 6.07) is 11.5. The average molecular weight is 349 g/mol. The third-order valence-corrected chi connectivity index (χ3v) is 3.87. The second kappa shape index (κ2) is 6.36. The maximum atomic E-state index is 12.3. The number of anilines is 1. The lowest BCUT2D eigenvalue weighted by Crippen LogP contribution is -2.30. The summed E-state index contributed by atoms with van der Waals surface area (Å²) in [5.41, 5.74) is 0.588. The minimum Gasteiger partial charge on any atom is -0.324 e. The predicted molar refractivity (Wildman–Crippen MR) is 88.9 cm³/mol. The van der Waals surface area contributed by atoms with Gasteiger partial charge in [-0.3, -0.25) is 9.59 Å². The Balaban J connectivity index is 1.81. The molecular formula is C15H10Cl2N4O2. The molecule has 0 spiro atoms. The number of amides is 1. The van der Waals surface area contributed by atoms with Crippen molar-refractivity contribution in [2.45, 2.75) is 6.54 Å². The van der Waals surface area contributed by atoms with E-state index in [2.05, 4.69) is 15.6 Å². The number of rotatable bonds is 3. The molecule has 116 valence electrons. The van der Waals surface area contributed by atoms with Gasteiger partial charge in [-0.15, -0.1) is 5.10 Å². The van der Waals surface area contributed by atoms with Crippen LogP contribution in [0.5, 0.6) is 0 Å². The quantitative estimate of drug-likeness (QED) is 0.789. The van der Waals surface area contributed by atoms with Crippen LogP contribution in [0.4, 0.5) is 5.69 Å². The van der Waals surface area contributed by atoms with Crippen molar-refractivity contribution >= 4 is 45.7 Å². The van der Waals surface area contributed by atoms with Crippen LogP contribution in [0.15, 0.2) is 47.3 Å². The SMILES string of the molecule is O=C(Cn1nnc2ccccc2c1=O)Nc1ccc(Cl)c(Cl)c1. The van der Waals surface area contributed by atoms with Crippen molar-refractivity contribution in [2.24, 2.45) is 0 Å². The molecular weight excluding hydrogens is 339 g/mol. The summed E-state index contributed by atoms with van der Waals surface area (Å²) in [6.07, 6.45) is 0. The van der Waals surface area contributed by atoms with E-state index in [4.69, 9.17) is 23.2 Å². The van der Waals surface area contributed by atoms with Crippen molar-refractivity contribution in [1.29, 1.82) is 0 Å². The summed E-state index contributed by atoms with van der Waals surface area (Å²) in [7, 11) is 0. The van der Waals surface area contributed by atoms with Gasteiger partial charge in [0, 0.05) is 5.69 Å². The molecule has 0 atom stereocenters. The molecule has 0 radical (unpaired) electrons. The summed E-state index contributed by atoms with van der Waals surface area (Å²) in [4.78, 5) is 24.3. The number of nitrogens with zero attached hydrogens (tertiary/aromatic N) is 3. The van der Waals surface area contributed by atoms with Gasteiger partial charge in [-0.05, 0) is 30.3 Å². The van der Waals surface area contributed by atoms with Gasteiger partial charge in [0.15, 0.2) is 0 Å². The molecule has 1 amide bonds. The second-order valence-electron chi connectivity index (χ2n) is 4.75. The minimum absolute atomic E-state index is 0.253. The van der Waals surface area contributed by atoms with Gasteiger partial charge in [-0.2, -0.15) is 0 Å². The Bertz CT molecular complexity index is 956. The largest absolute Gasteiger partial charge is 0.324 e. The van der Waals surface area contributed by atoms with E-state index in [1.807, 2.05) is 0 Å². The van der Waals surface area contributed by atoms with E-state index >= 15 is 0 Å².